The minimum absolute atomic E-state index is 0.0286. The number of benzene rings is 2. The zero-order chi connectivity index (χ0) is 29.8. The van der Waals surface area contributed by atoms with E-state index < -0.39 is 0 Å². The molecule has 0 aliphatic carbocycles. The van der Waals surface area contributed by atoms with Crippen molar-refractivity contribution < 1.29 is 23.8 Å². The Labute approximate surface area is 248 Å². The van der Waals surface area contributed by atoms with E-state index in [9.17, 15) is 9.59 Å². The first-order valence-electron chi connectivity index (χ1n) is 14.0. The molecular formula is C32H43N3O5S. The molecule has 0 unspecified atom stereocenters. The van der Waals surface area contributed by atoms with Gasteiger partial charge in [0.15, 0.2) is 11.5 Å². The number of aryl methyl sites for hydroxylation is 3. The van der Waals surface area contributed by atoms with Crippen molar-refractivity contribution >= 4 is 29.0 Å². The Bertz CT molecular complexity index is 1290. The molecule has 0 fully saturated rings. The number of nitrogens with zero attached hydrogens (tertiary/aromatic N) is 2. The van der Waals surface area contributed by atoms with E-state index in [0.29, 0.717) is 57.2 Å². The first-order chi connectivity index (χ1) is 19.7. The van der Waals surface area contributed by atoms with Crippen LogP contribution in [0.1, 0.15) is 39.8 Å². The van der Waals surface area contributed by atoms with Crippen LogP contribution in [0.15, 0.2) is 48.5 Å². The molecule has 222 valence electrons. The molecular weight excluding hydrogens is 538 g/mol. The summed E-state index contributed by atoms with van der Waals surface area (Å²) in [5, 5.41) is 3.01. The normalized spacial score (nSPS) is 10.8. The summed E-state index contributed by atoms with van der Waals surface area (Å²) in [6.45, 7) is 10.5. The summed E-state index contributed by atoms with van der Waals surface area (Å²) in [7, 11) is 3.22. The number of anilines is 1. The third kappa shape index (κ3) is 9.79. The highest BCUT2D eigenvalue weighted by atomic mass is 32.1. The second kappa shape index (κ2) is 16.0. The second-order valence-electron chi connectivity index (χ2n) is 9.99. The van der Waals surface area contributed by atoms with Crippen molar-refractivity contribution in [1.29, 1.82) is 0 Å². The molecule has 1 heterocycles. The first-order valence-corrected chi connectivity index (χ1v) is 14.8. The molecule has 41 heavy (non-hydrogen) atoms. The van der Waals surface area contributed by atoms with Crippen LogP contribution in [-0.4, -0.2) is 68.8 Å². The van der Waals surface area contributed by atoms with Crippen molar-refractivity contribution in [3.05, 3.63) is 75.0 Å². The largest absolute Gasteiger partial charge is 0.493 e. The van der Waals surface area contributed by atoms with Gasteiger partial charge in [-0.2, -0.15) is 0 Å². The summed E-state index contributed by atoms with van der Waals surface area (Å²) in [5.74, 6) is 1.21. The van der Waals surface area contributed by atoms with Crippen LogP contribution in [0.3, 0.4) is 0 Å². The maximum Gasteiger partial charge on any atom is 0.322 e. The lowest BCUT2D eigenvalue weighted by Gasteiger charge is -2.28. The summed E-state index contributed by atoms with van der Waals surface area (Å²) in [5.41, 5.74) is 3.87. The van der Waals surface area contributed by atoms with Crippen LogP contribution in [0, 0.1) is 20.8 Å². The molecule has 0 saturated carbocycles. The van der Waals surface area contributed by atoms with Gasteiger partial charge >= 0.3 is 6.03 Å². The average molecular weight is 582 g/mol. The van der Waals surface area contributed by atoms with Gasteiger partial charge in [-0.05, 0) is 82.0 Å². The van der Waals surface area contributed by atoms with Gasteiger partial charge in [0.2, 0.25) is 5.91 Å². The minimum atomic E-state index is -0.298. The monoisotopic (exact) mass is 581 g/mol. The van der Waals surface area contributed by atoms with Crippen molar-refractivity contribution in [3.63, 3.8) is 0 Å². The van der Waals surface area contributed by atoms with Crippen molar-refractivity contribution in [2.75, 3.05) is 52.4 Å². The van der Waals surface area contributed by atoms with Gasteiger partial charge in [-0.3, -0.25) is 4.79 Å². The highest BCUT2D eigenvalue weighted by Gasteiger charge is 2.23. The molecule has 0 aliphatic heterocycles. The zero-order valence-corrected chi connectivity index (χ0v) is 25.9. The van der Waals surface area contributed by atoms with E-state index >= 15 is 0 Å². The Morgan fingerprint density at radius 3 is 2.34 bits per heavy atom. The number of nitrogens with one attached hydrogen (secondary N) is 1. The Hall–Kier alpha value is -3.56. The molecule has 9 heteroatoms. The maximum atomic E-state index is 13.8. The van der Waals surface area contributed by atoms with Crippen LogP contribution < -0.4 is 14.8 Å². The third-order valence-electron chi connectivity index (χ3n) is 6.77. The fraction of sp³-hybridized carbons (Fsp3) is 0.438. The molecule has 3 amide bonds. The van der Waals surface area contributed by atoms with Gasteiger partial charge in [-0.25, -0.2) is 4.79 Å². The Kier molecular flexibility index (Phi) is 12.5. The molecule has 0 aliphatic rings. The number of ether oxygens (including phenoxy) is 3. The van der Waals surface area contributed by atoms with E-state index in [1.165, 1.54) is 4.88 Å². The van der Waals surface area contributed by atoms with E-state index in [2.05, 4.69) is 24.4 Å². The van der Waals surface area contributed by atoms with Gasteiger partial charge in [0.25, 0.3) is 0 Å². The third-order valence-corrected chi connectivity index (χ3v) is 7.76. The molecule has 0 spiro atoms. The maximum absolute atomic E-state index is 13.8. The Morgan fingerprint density at radius 2 is 1.68 bits per heavy atom. The van der Waals surface area contributed by atoms with E-state index in [1.807, 2.05) is 62.1 Å². The molecule has 0 bridgehead atoms. The predicted molar refractivity (Wildman–Crippen MR) is 165 cm³/mol. The molecule has 1 aromatic heterocycles. The standard InChI is InChI=1S/C32H43N3O5S/c1-7-40-18-8-16-35(32(37)33-28-13-9-23(2)19-24(28)3)22-31(36)34(21-27-12-10-25(4)41-27)17-15-26-11-14-29(38-5)30(20-26)39-6/h9-14,19-20H,7-8,15-18,21-22H2,1-6H3,(H,33,37). The first kappa shape index (κ1) is 32.0. The molecule has 0 saturated heterocycles. The van der Waals surface area contributed by atoms with Crippen LogP contribution in [0.5, 0.6) is 11.5 Å². The lowest BCUT2D eigenvalue weighted by molar-refractivity contribution is -0.132. The van der Waals surface area contributed by atoms with E-state index in [0.717, 1.165) is 27.3 Å². The number of carbonyl (C=O) groups excluding carboxylic acids is 2. The second-order valence-corrected chi connectivity index (χ2v) is 11.4. The SMILES string of the molecule is CCOCCCN(CC(=O)N(CCc1ccc(OC)c(OC)c1)Cc1ccc(C)s1)C(=O)Nc1ccc(C)cc1C. The van der Waals surface area contributed by atoms with Crippen LogP contribution in [0.4, 0.5) is 10.5 Å². The molecule has 2 aromatic carbocycles. The molecule has 3 aromatic rings. The summed E-state index contributed by atoms with van der Waals surface area (Å²) < 4.78 is 16.3. The number of hydrogen-bond donors (Lipinski definition) is 1. The fourth-order valence-electron chi connectivity index (χ4n) is 4.52. The highest BCUT2D eigenvalue weighted by Crippen LogP contribution is 2.28. The summed E-state index contributed by atoms with van der Waals surface area (Å²) in [4.78, 5) is 32.9. The minimum Gasteiger partial charge on any atom is -0.493 e. The van der Waals surface area contributed by atoms with Crippen LogP contribution in [0.2, 0.25) is 0 Å². The summed E-state index contributed by atoms with van der Waals surface area (Å²) >= 11 is 1.68. The number of thiophene rings is 1. The lowest BCUT2D eigenvalue weighted by atomic mass is 10.1. The van der Waals surface area contributed by atoms with E-state index in [-0.39, 0.29) is 18.5 Å². The van der Waals surface area contributed by atoms with Crippen LogP contribution in [-0.2, 0) is 22.5 Å². The number of rotatable bonds is 15. The smallest absolute Gasteiger partial charge is 0.322 e. The number of methoxy groups -OCH3 is 2. The molecule has 8 nitrogen and oxygen atoms in total. The van der Waals surface area contributed by atoms with Gasteiger partial charge in [-0.1, -0.05) is 23.8 Å². The van der Waals surface area contributed by atoms with Crippen molar-refractivity contribution in [1.82, 2.24) is 9.80 Å². The van der Waals surface area contributed by atoms with Crippen LogP contribution in [0.25, 0.3) is 0 Å². The molecule has 3 rings (SSSR count). The van der Waals surface area contributed by atoms with Gasteiger partial charge in [0.05, 0.1) is 20.8 Å². The lowest BCUT2D eigenvalue weighted by Crippen LogP contribution is -2.45. The average Bonchev–Trinajstić information content (AvgIpc) is 3.38. The van der Waals surface area contributed by atoms with Crippen molar-refractivity contribution in [2.45, 2.75) is 47.1 Å². The van der Waals surface area contributed by atoms with Gasteiger partial charge in [0, 0.05) is 41.7 Å². The molecule has 0 radical (unpaired) electrons. The summed E-state index contributed by atoms with van der Waals surface area (Å²) in [6.07, 6.45) is 1.27. The quantitative estimate of drug-likeness (QED) is 0.216. The summed E-state index contributed by atoms with van der Waals surface area (Å²) in [6, 6.07) is 15.5. The fourth-order valence-corrected chi connectivity index (χ4v) is 5.42. The van der Waals surface area contributed by atoms with Crippen LogP contribution >= 0.6 is 11.3 Å². The number of carbonyl (C=O) groups is 2. The predicted octanol–water partition coefficient (Wildman–Crippen LogP) is 6.22. The topological polar surface area (TPSA) is 80.3 Å². The van der Waals surface area contributed by atoms with E-state index in [1.54, 1.807) is 30.5 Å². The zero-order valence-electron chi connectivity index (χ0n) is 25.1. The van der Waals surface area contributed by atoms with Gasteiger partial charge in [-0.15, -0.1) is 11.3 Å². The highest BCUT2D eigenvalue weighted by molar-refractivity contribution is 7.11. The van der Waals surface area contributed by atoms with Gasteiger partial charge in [0.1, 0.15) is 6.54 Å². The van der Waals surface area contributed by atoms with Gasteiger partial charge < -0.3 is 29.3 Å². The van der Waals surface area contributed by atoms with Crippen molar-refractivity contribution in [3.8, 4) is 11.5 Å². The molecule has 1 N–H and O–H groups in total. The number of amides is 3. The van der Waals surface area contributed by atoms with Crippen molar-refractivity contribution in [2.24, 2.45) is 0 Å². The number of urea groups is 1. The Morgan fingerprint density at radius 1 is 0.902 bits per heavy atom. The Balaban J connectivity index is 1.78. The molecule has 0 atom stereocenters. The van der Waals surface area contributed by atoms with E-state index in [4.69, 9.17) is 14.2 Å². The number of hydrogen-bond acceptors (Lipinski definition) is 6.